The standard InChI is InChI=1S/C21H16N2O2/c22-13-21(8-9-21)17-3-1-2-15(11-17)19-12-16-10-14(5-7-20(24)25)4-6-18(16)23-19/h1-7,10-12,23H,8-9H2,(H,24,25)/b7-5+. The molecule has 1 fully saturated rings. The minimum Gasteiger partial charge on any atom is -0.478 e. The van der Waals surface area contributed by atoms with Gasteiger partial charge in [0.15, 0.2) is 0 Å². The number of nitriles is 1. The third-order valence-electron chi connectivity index (χ3n) is 4.75. The van der Waals surface area contributed by atoms with Gasteiger partial charge in [-0.25, -0.2) is 4.79 Å². The molecule has 1 aliphatic rings. The summed E-state index contributed by atoms with van der Waals surface area (Å²) in [7, 11) is 0. The van der Waals surface area contributed by atoms with Crippen LogP contribution in [0.3, 0.4) is 0 Å². The van der Waals surface area contributed by atoms with Crippen LogP contribution in [-0.4, -0.2) is 16.1 Å². The maximum Gasteiger partial charge on any atom is 0.328 e. The summed E-state index contributed by atoms with van der Waals surface area (Å²) in [5, 5.41) is 19.2. The number of aromatic amines is 1. The summed E-state index contributed by atoms with van der Waals surface area (Å²) in [6.45, 7) is 0. The van der Waals surface area contributed by atoms with Crippen molar-refractivity contribution in [3.05, 3.63) is 65.7 Å². The molecular weight excluding hydrogens is 312 g/mol. The molecule has 4 nitrogen and oxygen atoms in total. The molecule has 122 valence electrons. The average molecular weight is 328 g/mol. The Morgan fingerprint density at radius 3 is 2.76 bits per heavy atom. The van der Waals surface area contributed by atoms with Crippen LogP contribution in [-0.2, 0) is 10.2 Å². The largest absolute Gasteiger partial charge is 0.478 e. The van der Waals surface area contributed by atoms with E-state index in [1.165, 1.54) is 0 Å². The van der Waals surface area contributed by atoms with Crippen LogP contribution in [0.15, 0.2) is 54.6 Å². The smallest absolute Gasteiger partial charge is 0.328 e. The molecule has 3 aromatic rings. The van der Waals surface area contributed by atoms with Gasteiger partial charge in [-0.2, -0.15) is 5.26 Å². The number of rotatable bonds is 4. The quantitative estimate of drug-likeness (QED) is 0.693. The molecular formula is C21H16N2O2. The van der Waals surface area contributed by atoms with E-state index in [2.05, 4.69) is 23.2 Å². The number of aromatic nitrogens is 1. The number of carbonyl (C=O) groups is 1. The summed E-state index contributed by atoms with van der Waals surface area (Å²) >= 11 is 0. The summed E-state index contributed by atoms with van der Waals surface area (Å²) in [5.41, 5.74) is 4.67. The summed E-state index contributed by atoms with van der Waals surface area (Å²) < 4.78 is 0. The van der Waals surface area contributed by atoms with E-state index in [1.807, 2.05) is 36.4 Å². The Hall–Kier alpha value is -3.32. The van der Waals surface area contributed by atoms with E-state index in [0.717, 1.165) is 52.2 Å². The molecule has 0 radical (unpaired) electrons. The van der Waals surface area contributed by atoms with Crippen LogP contribution in [0.25, 0.3) is 28.2 Å². The molecule has 25 heavy (non-hydrogen) atoms. The summed E-state index contributed by atoms with van der Waals surface area (Å²) in [6, 6.07) is 18.4. The van der Waals surface area contributed by atoms with Crippen molar-refractivity contribution in [1.29, 1.82) is 5.26 Å². The highest BCUT2D eigenvalue weighted by molar-refractivity contribution is 5.90. The molecule has 0 bridgehead atoms. The zero-order valence-electron chi connectivity index (χ0n) is 13.5. The topological polar surface area (TPSA) is 76.9 Å². The molecule has 0 aliphatic heterocycles. The molecule has 2 aromatic carbocycles. The number of aliphatic carboxylic acids is 1. The van der Waals surface area contributed by atoms with E-state index in [0.29, 0.717) is 0 Å². The van der Waals surface area contributed by atoms with E-state index < -0.39 is 5.97 Å². The van der Waals surface area contributed by atoms with Crippen molar-refractivity contribution >= 4 is 22.9 Å². The molecule has 0 saturated heterocycles. The number of carboxylic acids is 1. The summed E-state index contributed by atoms with van der Waals surface area (Å²) in [5.74, 6) is -0.960. The van der Waals surface area contributed by atoms with Crippen LogP contribution in [0.2, 0.25) is 0 Å². The van der Waals surface area contributed by atoms with Crippen LogP contribution in [0.4, 0.5) is 0 Å². The van der Waals surface area contributed by atoms with Gasteiger partial charge in [0.05, 0.1) is 11.5 Å². The molecule has 4 rings (SSSR count). The summed E-state index contributed by atoms with van der Waals surface area (Å²) in [4.78, 5) is 14.0. The fourth-order valence-electron chi connectivity index (χ4n) is 3.15. The predicted octanol–water partition coefficient (Wildman–Crippen LogP) is 4.49. The van der Waals surface area contributed by atoms with Gasteiger partial charge in [0.2, 0.25) is 0 Å². The highest BCUT2D eigenvalue weighted by Gasteiger charge is 2.44. The van der Waals surface area contributed by atoms with Crippen molar-refractivity contribution in [3.63, 3.8) is 0 Å². The fraction of sp³-hybridized carbons (Fsp3) is 0.143. The second-order valence-corrected chi connectivity index (χ2v) is 6.48. The maximum absolute atomic E-state index is 10.7. The van der Waals surface area contributed by atoms with Crippen LogP contribution < -0.4 is 0 Å². The molecule has 0 unspecified atom stereocenters. The van der Waals surface area contributed by atoms with Gasteiger partial charge in [0, 0.05) is 22.7 Å². The van der Waals surface area contributed by atoms with Crippen molar-refractivity contribution in [3.8, 4) is 17.3 Å². The zero-order chi connectivity index (χ0) is 17.4. The Bertz CT molecular complexity index is 1050. The van der Waals surface area contributed by atoms with Crippen molar-refractivity contribution < 1.29 is 9.90 Å². The SMILES string of the molecule is N#CC1(c2cccc(-c3cc4cc(/C=C/C(=O)O)ccc4[nH]3)c2)CC1. The number of fused-ring (bicyclic) bond motifs is 1. The molecule has 4 heteroatoms. The second kappa shape index (κ2) is 5.64. The first kappa shape index (κ1) is 15.2. The lowest BCUT2D eigenvalue weighted by atomic mass is 9.95. The zero-order valence-corrected chi connectivity index (χ0v) is 13.5. The minimum atomic E-state index is -0.960. The maximum atomic E-state index is 10.7. The third-order valence-corrected chi connectivity index (χ3v) is 4.75. The summed E-state index contributed by atoms with van der Waals surface area (Å²) in [6.07, 6.45) is 4.58. The number of nitrogens with zero attached hydrogens (tertiary/aromatic N) is 1. The number of carboxylic acid groups (broad SMARTS) is 1. The Kier molecular flexibility index (Phi) is 3.43. The van der Waals surface area contributed by atoms with Gasteiger partial charge in [-0.15, -0.1) is 0 Å². The number of H-pyrrole nitrogens is 1. The average Bonchev–Trinajstić information content (AvgIpc) is 3.32. The van der Waals surface area contributed by atoms with Gasteiger partial charge in [-0.05, 0) is 59.9 Å². The monoisotopic (exact) mass is 328 g/mol. The number of nitrogens with one attached hydrogen (secondary N) is 1. The van der Waals surface area contributed by atoms with Crippen LogP contribution in [0.5, 0.6) is 0 Å². The van der Waals surface area contributed by atoms with E-state index in [4.69, 9.17) is 5.11 Å². The third kappa shape index (κ3) is 2.81. The highest BCUT2D eigenvalue weighted by atomic mass is 16.4. The predicted molar refractivity (Wildman–Crippen MR) is 96.9 cm³/mol. The second-order valence-electron chi connectivity index (χ2n) is 6.48. The lowest BCUT2D eigenvalue weighted by Gasteiger charge is -2.07. The Balaban J connectivity index is 1.72. The fourth-order valence-corrected chi connectivity index (χ4v) is 3.15. The molecule has 1 saturated carbocycles. The van der Waals surface area contributed by atoms with E-state index in [-0.39, 0.29) is 5.41 Å². The first-order valence-electron chi connectivity index (χ1n) is 8.16. The van der Waals surface area contributed by atoms with Crippen molar-refractivity contribution in [2.24, 2.45) is 0 Å². The molecule has 0 spiro atoms. The molecule has 1 aliphatic carbocycles. The van der Waals surface area contributed by atoms with Gasteiger partial charge < -0.3 is 10.1 Å². The number of benzene rings is 2. The molecule has 1 aromatic heterocycles. The lowest BCUT2D eigenvalue weighted by Crippen LogP contribution is -2.02. The normalized spacial score (nSPS) is 15.3. The van der Waals surface area contributed by atoms with Crippen molar-refractivity contribution in [2.45, 2.75) is 18.3 Å². The molecule has 0 atom stereocenters. The Morgan fingerprint density at radius 1 is 1.20 bits per heavy atom. The molecule has 2 N–H and O–H groups in total. The van der Waals surface area contributed by atoms with E-state index in [9.17, 15) is 10.1 Å². The van der Waals surface area contributed by atoms with Gasteiger partial charge in [-0.1, -0.05) is 24.3 Å². The van der Waals surface area contributed by atoms with E-state index in [1.54, 1.807) is 6.08 Å². The van der Waals surface area contributed by atoms with Crippen LogP contribution in [0.1, 0.15) is 24.0 Å². The Morgan fingerprint density at radius 2 is 2.04 bits per heavy atom. The molecule has 1 heterocycles. The first-order chi connectivity index (χ1) is 12.1. The highest BCUT2D eigenvalue weighted by Crippen LogP contribution is 2.48. The van der Waals surface area contributed by atoms with E-state index >= 15 is 0 Å². The van der Waals surface area contributed by atoms with Crippen LogP contribution in [0, 0.1) is 11.3 Å². The van der Waals surface area contributed by atoms with Gasteiger partial charge in [0.1, 0.15) is 0 Å². The number of hydrogen-bond donors (Lipinski definition) is 2. The van der Waals surface area contributed by atoms with Gasteiger partial charge >= 0.3 is 5.97 Å². The van der Waals surface area contributed by atoms with Crippen molar-refractivity contribution in [2.75, 3.05) is 0 Å². The Labute approximate surface area is 145 Å². The minimum absolute atomic E-state index is 0.295. The van der Waals surface area contributed by atoms with Gasteiger partial charge in [-0.3, -0.25) is 0 Å². The number of hydrogen-bond acceptors (Lipinski definition) is 2. The first-order valence-corrected chi connectivity index (χ1v) is 8.16. The molecule has 0 amide bonds. The van der Waals surface area contributed by atoms with Gasteiger partial charge in [0.25, 0.3) is 0 Å². The lowest BCUT2D eigenvalue weighted by molar-refractivity contribution is -0.131. The van der Waals surface area contributed by atoms with Crippen LogP contribution >= 0.6 is 0 Å². The van der Waals surface area contributed by atoms with Crippen molar-refractivity contribution in [1.82, 2.24) is 4.98 Å².